The molecule has 0 fully saturated rings. The molecule has 0 heterocycles. The van der Waals surface area contributed by atoms with Crippen LogP contribution in [0.3, 0.4) is 0 Å². The van der Waals surface area contributed by atoms with Crippen molar-refractivity contribution in [2.24, 2.45) is 0 Å². The lowest BCUT2D eigenvalue weighted by atomic mass is 10.2. The molecule has 5 heteroatoms. The Balaban J connectivity index is 2.68. The van der Waals surface area contributed by atoms with Crippen molar-refractivity contribution in [2.75, 3.05) is 19.4 Å². The topological polar surface area (TPSA) is 57.6 Å². The first-order valence-corrected chi connectivity index (χ1v) is 6.26. The highest BCUT2D eigenvalue weighted by atomic mass is 32.2. The summed E-state index contributed by atoms with van der Waals surface area (Å²) in [5.74, 6) is -0.226. The van der Waals surface area contributed by atoms with Gasteiger partial charge in [0, 0.05) is 13.6 Å². The van der Waals surface area contributed by atoms with Crippen LogP contribution in [0.1, 0.15) is 5.56 Å². The van der Waals surface area contributed by atoms with Crippen molar-refractivity contribution < 1.29 is 13.5 Å². The van der Waals surface area contributed by atoms with Gasteiger partial charge in [-0.1, -0.05) is 30.3 Å². The predicted octanol–water partition coefficient (Wildman–Crippen LogP) is 0.441. The van der Waals surface area contributed by atoms with Crippen LogP contribution in [0.2, 0.25) is 0 Å². The molecule has 84 valence electrons. The number of aliphatic hydroxyl groups is 1. The molecule has 0 aliphatic carbocycles. The van der Waals surface area contributed by atoms with Crippen molar-refractivity contribution in [3.05, 3.63) is 35.9 Å². The standard InChI is InChI=1S/C10H15NO3S/c1-11(15(13,14)8-7-12)9-10-5-3-2-4-6-10/h2-6,12H,7-9H2,1H3. The molecular weight excluding hydrogens is 214 g/mol. The summed E-state index contributed by atoms with van der Waals surface area (Å²) in [6, 6.07) is 9.34. The number of aliphatic hydroxyl groups excluding tert-OH is 1. The van der Waals surface area contributed by atoms with Crippen molar-refractivity contribution in [1.82, 2.24) is 4.31 Å². The molecule has 0 aliphatic rings. The molecule has 0 unspecified atom stereocenters. The lowest BCUT2D eigenvalue weighted by molar-refractivity contribution is 0.316. The van der Waals surface area contributed by atoms with E-state index in [0.717, 1.165) is 5.56 Å². The lowest BCUT2D eigenvalue weighted by Crippen LogP contribution is -2.29. The van der Waals surface area contributed by atoms with Crippen LogP contribution in [0, 0.1) is 0 Å². The van der Waals surface area contributed by atoms with Crippen LogP contribution in [0.4, 0.5) is 0 Å². The van der Waals surface area contributed by atoms with E-state index in [2.05, 4.69) is 0 Å². The van der Waals surface area contributed by atoms with Gasteiger partial charge < -0.3 is 5.11 Å². The van der Waals surface area contributed by atoms with Gasteiger partial charge in [-0.25, -0.2) is 12.7 Å². The van der Waals surface area contributed by atoms with Crippen molar-refractivity contribution in [2.45, 2.75) is 6.54 Å². The zero-order valence-corrected chi connectivity index (χ0v) is 9.44. The van der Waals surface area contributed by atoms with Gasteiger partial charge in [0.15, 0.2) is 0 Å². The second-order valence-corrected chi connectivity index (χ2v) is 5.48. The summed E-state index contributed by atoms with van der Waals surface area (Å²) >= 11 is 0. The molecule has 0 saturated heterocycles. The summed E-state index contributed by atoms with van der Waals surface area (Å²) < 4.78 is 24.3. The van der Waals surface area contributed by atoms with Gasteiger partial charge in [-0.15, -0.1) is 0 Å². The van der Waals surface area contributed by atoms with Gasteiger partial charge in [-0.2, -0.15) is 0 Å². The van der Waals surface area contributed by atoms with Crippen LogP contribution in [-0.4, -0.2) is 37.2 Å². The Morgan fingerprint density at radius 2 is 1.87 bits per heavy atom. The molecule has 1 aromatic rings. The first-order valence-electron chi connectivity index (χ1n) is 4.65. The highest BCUT2D eigenvalue weighted by Crippen LogP contribution is 2.06. The highest BCUT2D eigenvalue weighted by molar-refractivity contribution is 7.89. The van der Waals surface area contributed by atoms with Crippen LogP contribution < -0.4 is 0 Å². The summed E-state index contributed by atoms with van der Waals surface area (Å²) in [4.78, 5) is 0. The van der Waals surface area contributed by atoms with Crippen molar-refractivity contribution >= 4 is 10.0 Å². The van der Waals surface area contributed by atoms with Crippen LogP contribution in [-0.2, 0) is 16.6 Å². The van der Waals surface area contributed by atoms with E-state index >= 15 is 0 Å². The molecule has 1 aromatic carbocycles. The number of hydrogen-bond acceptors (Lipinski definition) is 3. The van der Waals surface area contributed by atoms with E-state index < -0.39 is 10.0 Å². The van der Waals surface area contributed by atoms with Gasteiger partial charge in [-0.05, 0) is 5.56 Å². The SMILES string of the molecule is CN(Cc1ccccc1)S(=O)(=O)CCO. The fourth-order valence-electron chi connectivity index (χ4n) is 1.21. The number of benzene rings is 1. The highest BCUT2D eigenvalue weighted by Gasteiger charge is 2.16. The maximum absolute atomic E-state index is 11.5. The summed E-state index contributed by atoms with van der Waals surface area (Å²) in [6.07, 6.45) is 0. The molecular formula is C10H15NO3S. The van der Waals surface area contributed by atoms with Crippen LogP contribution in [0.25, 0.3) is 0 Å². The second-order valence-electron chi connectivity index (χ2n) is 3.28. The second kappa shape index (κ2) is 5.25. The largest absolute Gasteiger partial charge is 0.395 e. The van der Waals surface area contributed by atoms with E-state index in [4.69, 9.17) is 5.11 Å². The molecule has 0 aromatic heterocycles. The van der Waals surface area contributed by atoms with Crippen molar-refractivity contribution in [3.63, 3.8) is 0 Å². The van der Waals surface area contributed by atoms with Gasteiger partial charge in [0.05, 0.1) is 12.4 Å². The Labute approximate surface area is 90.2 Å². The molecule has 0 amide bonds. The molecule has 15 heavy (non-hydrogen) atoms. The third-order valence-electron chi connectivity index (χ3n) is 2.07. The molecule has 1 rings (SSSR count). The first kappa shape index (κ1) is 12.2. The minimum Gasteiger partial charge on any atom is -0.395 e. The van der Waals surface area contributed by atoms with E-state index in [0.29, 0.717) is 6.54 Å². The molecule has 0 atom stereocenters. The average Bonchev–Trinajstić information content (AvgIpc) is 2.19. The number of rotatable bonds is 5. The Morgan fingerprint density at radius 3 is 2.40 bits per heavy atom. The van der Waals surface area contributed by atoms with E-state index in [1.807, 2.05) is 30.3 Å². The lowest BCUT2D eigenvalue weighted by Gasteiger charge is -2.16. The molecule has 0 aliphatic heterocycles. The van der Waals surface area contributed by atoms with E-state index in [9.17, 15) is 8.42 Å². The number of nitrogens with zero attached hydrogens (tertiary/aromatic N) is 1. The Bertz CT molecular complexity index is 388. The van der Waals surface area contributed by atoms with E-state index in [1.54, 1.807) is 0 Å². The van der Waals surface area contributed by atoms with Crippen molar-refractivity contribution in [1.29, 1.82) is 0 Å². The minimum atomic E-state index is -3.33. The van der Waals surface area contributed by atoms with Gasteiger partial charge in [-0.3, -0.25) is 0 Å². The normalized spacial score (nSPS) is 11.9. The Kier molecular flexibility index (Phi) is 4.26. The summed E-state index contributed by atoms with van der Waals surface area (Å²) in [6.45, 7) is -0.00929. The summed E-state index contributed by atoms with van der Waals surface area (Å²) in [5.41, 5.74) is 0.932. The zero-order chi connectivity index (χ0) is 11.3. The number of hydrogen-bond donors (Lipinski definition) is 1. The fourth-order valence-corrected chi connectivity index (χ4v) is 2.10. The summed E-state index contributed by atoms with van der Waals surface area (Å²) in [5, 5.41) is 8.61. The van der Waals surface area contributed by atoms with E-state index in [-0.39, 0.29) is 12.4 Å². The molecule has 0 radical (unpaired) electrons. The predicted molar refractivity (Wildman–Crippen MR) is 58.8 cm³/mol. The van der Waals surface area contributed by atoms with Crippen LogP contribution in [0.5, 0.6) is 0 Å². The van der Waals surface area contributed by atoms with Gasteiger partial charge in [0.1, 0.15) is 0 Å². The molecule has 0 saturated carbocycles. The quantitative estimate of drug-likeness (QED) is 0.797. The Morgan fingerprint density at radius 1 is 1.27 bits per heavy atom. The molecule has 4 nitrogen and oxygen atoms in total. The van der Waals surface area contributed by atoms with Gasteiger partial charge in [0.25, 0.3) is 0 Å². The maximum Gasteiger partial charge on any atom is 0.216 e. The van der Waals surface area contributed by atoms with Gasteiger partial charge in [0.2, 0.25) is 10.0 Å². The molecule has 0 spiro atoms. The molecule has 1 N–H and O–H groups in total. The number of sulfonamides is 1. The summed E-state index contributed by atoms with van der Waals surface area (Å²) in [7, 11) is -1.81. The van der Waals surface area contributed by atoms with Gasteiger partial charge >= 0.3 is 0 Å². The third kappa shape index (κ3) is 3.62. The molecule has 0 bridgehead atoms. The first-order chi connectivity index (χ1) is 7.06. The monoisotopic (exact) mass is 229 g/mol. The fraction of sp³-hybridized carbons (Fsp3) is 0.400. The van der Waals surface area contributed by atoms with Crippen LogP contribution in [0.15, 0.2) is 30.3 Å². The minimum absolute atomic E-state index is 0.226. The van der Waals surface area contributed by atoms with Crippen molar-refractivity contribution in [3.8, 4) is 0 Å². The van der Waals surface area contributed by atoms with Crippen LogP contribution >= 0.6 is 0 Å². The zero-order valence-electron chi connectivity index (χ0n) is 8.63. The Hall–Kier alpha value is -0.910. The average molecular weight is 229 g/mol. The third-order valence-corrected chi connectivity index (χ3v) is 3.85. The smallest absolute Gasteiger partial charge is 0.216 e. The maximum atomic E-state index is 11.5. The van der Waals surface area contributed by atoms with E-state index in [1.165, 1.54) is 11.4 Å².